The second-order valence-corrected chi connectivity index (χ2v) is 7.39. The molecule has 106 valence electrons. The molecule has 2 N–H and O–H groups in total. The summed E-state index contributed by atoms with van der Waals surface area (Å²) in [5, 5.41) is 12.1. The molecule has 0 saturated carbocycles. The number of hydrogen-bond acceptors (Lipinski definition) is 2. The molecule has 1 unspecified atom stereocenters. The lowest BCUT2D eigenvalue weighted by atomic mass is 9.85. The highest BCUT2D eigenvalue weighted by Crippen LogP contribution is 2.23. The van der Waals surface area contributed by atoms with Crippen LogP contribution in [0.25, 0.3) is 0 Å². The SMILES string of the molecule is CC(C)(C)C(CCO)NC(=O)c1cc(Br)cc(Br)c1. The highest BCUT2D eigenvalue weighted by atomic mass is 79.9. The van der Waals surface area contributed by atoms with Crippen molar-refractivity contribution in [1.82, 2.24) is 5.32 Å². The third kappa shape index (κ3) is 5.24. The van der Waals surface area contributed by atoms with Gasteiger partial charge in [0, 0.05) is 27.2 Å². The van der Waals surface area contributed by atoms with Gasteiger partial charge in [0.2, 0.25) is 0 Å². The molecule has 0 spiro atoms. The van der Waals surface area contributed by atoms with Crippen LogP contribution in [0.2, 0.25) is 0 Å². The van der Waals surface area contributed by atoms with Crippen LogP contribution < -0.4 is 5.32 Å². The fourth-order valence-corrected chi connectivity index (χ4v) is 3.07. The van der Waals surface area contributed by atoms with Gasteiger partial charge in [0.1, 0.15) is 0 Å². The predicted molar refractivity (Wildman–Crippen MR) is 84.3 cm³/mol. The van der Waals surface area contributed by atoms with Crippen LogP contribution >= 0.6 is 31.9 Å². The van der Waals surface area contributed by atoms with E-state index in [0.717, 1.165) is 8.95 Å². The third-order valence-electron chi connectivity index (χ3n) is 2.89. The predicted octanol–water partition coefficient (Wildman–Crippen LogP) is 3.74. The second kappa shape index (κ2) is 6.86. The van der Waals surface area contributed by atoms with Gasteiger partial charge in [-0.25, -0.2) is 0 Å². The van der Waals surface area contributed by atoms with E-state index in [9.17, 15) is 4.79 Å². The molecule has 0 aliphatic heterocycles. The Bertz CT molecular complexity index is 435. The highest BCUT2D eigenvalue weighted by molar-refractivity contribution is 9.11. The zero-order valence-corrected chi connectivity index (χ0v) is 14.5. The first-order valence-corrected chi connectivity index (χ1v) is 7.70. The zero-order chi connectivity index (χ0) is 14.6. The smallest absolute Gasteiger partial charge is 0.251 e. The van der Waals surface area contributed by atoms with Crippen molar-refractivity contribution in [2.45, 2.75) is 33.2 Å². The Kier molecular flexibility index (Phi) is 6.02. The van der Waals surface area contributed by atoms with E-state index in [2.05, 4.69) is 37.2 Å². The molecule has 0 saturated heterocycles. The minimum absolute atomic E-state index is 0.0599. The molecule has 1 aromatic rings. The summed E-state index contributed by atoms with van der Waals surface area (Å²) in [5.74, 6) is -0.129. The van der Waals surface area contributed by atoms with E-state index in [0.29, 0.717) is 12.0 Å². The fraction of sp³-hybridized carbons (Fsp3) is 0.500. The van der Waals surface area contributed by atoms with Crippen LogP contribution in [-0.2, 0) is 0 Å². The average Bonchev–Trinajstić information content (AvgIpc) is 2.25. The van der Waals surface area contributed by atoms with Crippen molar-refractivity contribution in [3.8, 4) is 0 Å². The molecule has 1 aromatic carbocycles. The van der Waals surface area contributed by atoms with E-state index in [-0.39, 0.29) is 24.0 Å². The Labute approximate surface area is 131 Å². The van der Waals surface area contributed by atoms with Crippen molar-refractivity contribution in [2.24, 2.45) is 5.41 Å². The summed E-state index contributed by atoms with van der Waals surface area (Å²) in [6.45, 7) is 6.20. The van der Waals surface area contributed by atoms with Crippen LogP contribution in [-0.4, -0.2) is 23.7 Å². The molecular weight excluding hydrogens is 374 g/mol. The molecule has 5 heteroatoms. The molecule has 3 nitrogen and oxygen atoms in total. The number of amides is 1. The van der Waals surface area contributed by atoms with Crippen LogP contribution in [0.15, 0.2) is 27.1 Å². The number of carbonyl (C=O) groups excluding carboxylic acids is 1. The Morgan fingerprint density at radius 2 is 1.79 bits per heavy atom. The molecule has 0 fully saturated rings. The number of carbonyl (C=O) groups is 1. The minimum Gasteiger partial charge on any atom is -0.396 e. The van der Waals surface area contributed by atoms with Crippen molar-refractivity contribution < 1.29 is 9.90 Å². The summed E-state index contributed by atoms with van der Waals surface area (Å²) >= 11 is 6.74. The van der Waals surface area contributed by atoms with Crippen molar-refractivity contribution in [2.75, 3.05) is 6.61 Å². The largest absolute Gasteiger partial charge is 0.396 e. The molecule has 1 rings (SSSR count). The lowest BCUT2D eigenvalue weighted by Crippen LogP contribution is -2.44. The van der Waals surface area contributed by atoms with E-state index < -0.39 is 0 Å². The maximum atomic E-state index is 12.2. The Hall–Kier alpha value is -0.390. The molecule has 0 radical (unpaired) electrons. The van der Waals surface area contributed by atoms with E-state index in [4.69, 9.17) is 5.11 Å². The summed E-state index contributed by atoms with van der Waals surface area (Å²) < 4.78 is 1.70. The number of aliphatic hydroxyl groups is 1. The number of nitrogens with one attached hydrogen (secondary N) is 1. The van der Waals surface area contributed by atoms with Gasteiger partial charge in [-0.15, -0.1) is 0 Å². The maximum absolute atomic E-state index is 12.2. The first kappa shape index (κ1) is 16.7. The molecule has 1 amide bonds. The summed E-state index contributed by atoms with van der Waals surface area (Å²) in [6.07, 6.45) is 0.546. The van der Waals surface area contributed by atoms with E-state index >= 15 is 0 Å². The zero-order valence-electron chi connectivity index (χ0n) is 11.3. The summed E-state index contributed by atoms with van der Waals surface area (Å²) in [5.41, 5.74) is 0.496. The molecular formula is C14H19Br2NO2. The van der Waals surface area contributed by atoms with Gasteiger partial charge >= 0.3 is 0 Å². The van der Waals surface area contributed by atoms with E-state index in [1.54, 1.807) is 12.1 Å². The number of benzene rings is 1. The van der Waals surface area contributed by atoms with Crippen LogP contribution in [0.3, 0.4) is 0 Å². The highest BCUT2D eigenvalue weighted by Gasteiger charge is 2.26. The molecule has 0 aliphatic carbocycles. The van der Waals surface area contributed by atoms with Gasteiger partial charge in [0.25, 0.3) is 5.91 Å². The molecule has 1 atom stereocenters. The van der Waals surface area contributed by atoms with Crippen LogP contribution in [0.5, 0.6) is 0 Å². The van der Waals surface area contributed by atoms with Gasteiger partial charge in [-0.2, -0.15) is 0 Å². The Morgan fingerprint density at radius 1 is 1.26 bits per heavy atom. The van der Waals surface area contributed by atoms with Gasteiger partial charge in [-0.05, 0) is 30.0 Å². The quantitative estimate of drug-likeness (QED) is 0.819. The second-order valence-electron chi connectivity index (χ2n) is 5.56. The molecule has 0 aliphatic rings. The van der Waals surface area contributed by atoms with Gasteiger partial charge < -0.3 is 10.4 Å². The first-order valence-electron chi connectivity index (χ1n) is 6.12. The summed E-state index contributed by atoms with van der Waals surface area (Å²) in [7, 11) is 0. The number of rotatable bonds is 4. The Morgan fingerprint density at radius 3 is 2.21 bits per heavy atom. The van der Waals surface area contributed by atoms with E-state index in [1.165, 1.54) is 0 Å². The van der Waals surface area contributed by atoms with Gasteiger partial charge in [0.05, 0.1) is 0 Å². The number of aliphatic hydroxyl groups excluding tert-OH is 1. The molecule has 0 heterocycles. The van der Waals surface area contributed by atoms with Crippen molar-refractivity contribution in [1.29, 1.82) is 0 Å². The Balaban J connectivity index is 2.87. The average molecular weight is 393 g/mol. The maximum Gasteiger partial charge on any atom is 0.251 e. The minimum atomic E-state index is -0.129. The normalized spacial score (nSPS) is 13.2. The third-order valence-corrected chi connectivity index (χ3v) is 3.81. The van der Waals surface area contributed by atoms with Gasteiger partial charge in [0.15, 0.2) is 0 Å². The standard InChI is InChI=1S/C14H19Br2NO2/c1-14(2,3)12(4-5-18)17-13(19)9-6-10(15)8-11(16)7-9/h6-8,12,18H,4-5H2,1-3H3,(H,17,19). The molecule has 19 heavy (non-hydrogen) atoms. The van der Waals surface area contributed by atoms with Crippen molar-refractivity contribution >= 4 is 37.8 Å². The lowest BCUT2D eigenvalue weighted by Gasteiger charge is -2.31. The first-order chi connectivity index (χ1) is 8.74. The monoisotopic (exact) mass is 391 g/mol. The van der Waals surface area contributed by atoms with Crippen molar-refractivity contribution in [3.05, 3.63) is 32.7 Å². The van der Waals surface area contributed by atoms with E-state index in [1.807, 2.05) is 26.8 Å². The van der Waals surface area contributed by atoms with Crippen LogP contribution in [0, 0.1) is 5.41 Å². The van der Waals surface area contributed by atoms with Crippen LogP contribution in [0.4, 0.5) is 0 Å². The fourth-order valence-electron chi connectivity index (χ4n) is 1.78. The summed E-state index contributed by atoms with van der Waals surface area (Å²) in [6, 6.07) is 5.37. The lowest BCUT2D eigenvalue weighted by molar-refractivity contribution is 0.0885. The van der Waals surface area contributed by atoms with Crippen molar-refractivity contribution in [3.63, 3.8) is 0 Å². The van der Waals surface area contributed by atoms with Gasteiger partial charge in [-0.1, -0.05) is 52.6 Å². The number of hydrogen-bond donors (Lipinski definition) is 2. The summed E-state index contributed by atoms with van der Waals surface area (Å²) in [4.78, 5) is 12.2. The molecule has 0 bridgehead atoms. The molecule has 0 aromatic heterocycles. The van der Waals surface area contributed by atoms with Crippen LogP contribution in [0.1, 0.15) is 37.6 Å². The number of halogens is 2. The van der Waals surface area contributed by atoms with Gasteiger partial charge in [-0.3, -0.25) is 4.79 Å². The topological polar surface area (TPSA) is 49.3 Å².